The third-order valence-electron chi connectivity index (χ3n) is 4.28. The van der Waals surface area contributed by atoms with Gasteiger partial charge in [0.2, 0.25) is 0 Å². The molecule has 0 spiro atoms. The number of hydrogen-bond acceptors (Lipinski definition) is 7. The van der Waals surface area contributed by atoms with Crippen LogP contribution in [0.25, 0.3) is 0 Å². The molecule has 1 rings (SSSR count). The van der Waals surface area contributed by atoms with Crippen molar-refractivity contribution in [3.63, 3.8) is 0 Å². The zero-order valence-electron chi connectivity index (χ0n) is 18.5. The van der Waals surface area contributed by atoms with E-state index in [0.29, 0.717) is 0 Å². The number of rotatable bonds is 10. The van der Waals surface area contributed by atoms with Gasteiger partial charge >= 0.3 is 12.1 Å². The van der Waals surface area contributed by atoms with Gasteiger partial charge in [-0.2, -0.15) is 0 Å². The fourth-order valence-electron chi connectivity index (χ4n) is 2.78. The number of alkyl halides is 1. The molecule has 31 heavy (non-hydrogen) atoms. The van der Waals surface area contributed by atoms with Gasteiger partial charge in [-0.15, -0.1) is 0 Å². The topological polar surface area (TPSA) is 125 Å². The van der Waals surface area contributed by atoms with Gasteiger partial charge in [0.05, 0.1) is 11.4 Å². The van der Waals surface area contributed by atoms with Crippen molar-refractivity contribution in [3.05, 3.63) is 35.9 Å². The molecule has 1 aromatic carbocycles. The fourth-order valence-corrected chi connectivity index (χ4v) is 3.13. The number of esters is 1. The number of halogens is 1. The van der Waals surface area contributed by atoms with E-state index in [9.17, 15) is 19.2 Å². The van der Waals surface area contributed by atoms with E-state index < -0.39 is 47.2 Å². The summed E-state index contributed by atoms with van der Waals surface area (Å²) >= 11 is 3.03. The molecule has 0 bridgehead atoms. The summed E-state index contributed by atoms with van der Waals surface area (Å²) in [4.78, 5) is 50.4. The van der Waals surface area contributed by atoms with Crippen LogP contribution in [0.15, 0.2) is 30.3 Å². The molecule has 0 fully saturated rings. The van der Waals surface area contributed by atoms with Gasteiger partial charge in [-0.1, -0.05) is 60.1 Å². The average Bonchev–Trinajstić information content (AvgIpc) is 2.69. The molecule has 172 valence electrons. The number of Topliss-reactive ketones (excluding diaryl/α,β-unsaturated/α-hetero) is 2. The SMILES string of the molecule is CC(C)C(NC(=O)OCc1ccccc1)C(=O)C(C(=O)CBr)C(N)C(=O)OC(C)(C)C. The van der Waals surface area contributed by atoms with Gasteiger partial charge in [-0.3, -0.25) is 14.4 Å². The summed E-state index contributed by atoms with van der Waals surface area (Å²) in [6.07, 6.45) is -0.813. The number of benzene rings is 1. The number of carbonyl (C=O) groups is 4. The lowest BCUT2D eigenvalue weighted by atomic mass is 9.84. The van der Waals surface area contributed by atoms with E-state index in [4.69, 9.17) is 15.2 Å². The van der Waals surface area contributed by atoms with Crippen molar-refractivity contribution in [2.24, 2.45) is 17.6 Å². The first kappa shape index (κ1) is 26.8. The lowest BCUT2D eigenvalue weighted by Crippen LogP contribution is -2.56. The number of nitrogens with one attached hydrogen (secondary N) is 1. The Bertz CT molecular complexity index is 776. The summed E-state index contributed by atoms with van der Waals surface area (Å²) in [5, 5.41) is 2.32. The molecule has 0 heterocycles. The third-order valence-corrected chi connectivity index (χ3v) is 4.84. The zero-order chi connectivity index (χ0) is 23.8. The minimum atomic E-state index is -1.50. The Morgan fingerprint density at radius 1 is 1.10 bits per heavy atom. The Labute approximate surface area is 191 Å². The minimum absolute atomic E-state index is 0.0207. The largest absolute Gasteiger partial charge is 0.459 e. The van der Waals surface area contributed by atoms with E-state index in [-0.39, 0.29) is 17.9 Å². The lowest BCUT2D eigenvalue weighted by Gasteiger charge is -2.29. The van der Waals surface area contributed by atoms with Crippen LogP contribution >= 0.6 is 15.9 Å². The van der Waals surface area contributed by atoms with E-state index in [1.54, 1.807) is 46.8 Å². The van der Waals surface area contributed by atoms with E-state index in [2.05, 4.69) is 21.2 Å². The molecule has 9 heteroatoms. The first-order valence-corrected chi connectivity index (χ1v) is 11.1. The number of carbonyl (C=O) groups excluding carboxylic acids is 4. The molecule has 8 nitrogen and oxygen atoms in total. The predicted octanol–water partition coefficient (Wildman–Crippen LogP) is 2.76. The molecular formula is C22H31BrN2O6. The van der Waals surface area contributed by atoms with Crippen LogP contribution in [0.4, 0.5) is 4.79 Å². The highest BCUT2D eigenvalue weighted by Crippen LogP contribution is 2.18. The van der Waals surface area contributed by atoms with Gasteiger partial charge < -0.3 is 20.5 Å². The highest BCUT2D eigenvalue weighted by molar-refractivity contribution is 9.09. The van der Waals surface area contributed by atoms with Crippen LogP contribution in [-0.2, 0) is 30.5 Å². The Morgan fingerprint density at radius 2 is 1.68 bits per heavy atom. The monoisotopic (exact) mass is 498 g/mol. The number of nitrogens with two attached hydrogens (primary N) is 1. The minimum Gasteiger partial charge on any atom is -0.459 e. The Kier molecular flexibility index (Phi) is 10.3. The highest BCUT2D eigenvalue weighted by atomic mass is 79.9. The first-order valence-electron chi connectivity index (χ1n) is 9.95. The van der Waals surface area contributed by atoms with Gasteiger partial charge in [0.1, 0.15) is 24.2 Å². The summed E-state index contributed by atoms with van der Waals surface area (Å²) in [6, 6.07) is 6.47. The second-order valence-corrected chi connectivity index (χ2v) is 9.03. The van der Waals surface area contributed by atoms with Crippen molar-refractivity contribution < 1.29 is 28.7 Å². The predicted molar refractivity (Wildman–Crippen MR) is 120 cm³/mol. The molecular weight excluding hydrogens is 468 g/mol. The molecule has 0 aliphatic heterocycles. The summed E-state index contributed by atoms with van der Waals surface area (Å²) < 4.78 is 10.4. The van der Waals surface area contributed by atoms with Crippen LogP contribution in [0.1, 0.15) is 40.2 Å². The van der Waals surface area contributed by atoms with Crippen LogP contribution in [0.2, 0.25) is 0 Å². The van der Waals surface area contributed by atoms with E-state index in [0.717, 1.165) is 5.56 Å². The molecule has 0 aliphatic carbocycles. The van der Waals surface area contributed by atoms with Crippen molar-refractivity contribution in [2.45, 2.75) is 58.9 Å². The molecule has 0 saturated carbocycles. The van der Waals surface area contributed by atoms with E-state index in [1.807, 2.05) is 18.2 Å². The number of alkyl carbamates (subject to hydrolysis) is 1. The Morgan fingerprint density at radius 3 is 2.16 bits per heavy atom. The molecule has 0 aromatic heterocycles. The molecule has 0 aliphatic rings. The van der Waals surface area contributed by atoms with Gasteiger partial charge in [0.15, 0.2) is 11.6 Å². The normalized spacial score (nSPS) is 14.3. The Balaban J connectivity index is 2.97. The van der Waals surface area contributed by atoms with Crippen molar-refractivity contribution >= 4 is 39.6 Å². The number of ether oxygens (including phenoxy) is 2. The first-order chi connectivity index (χ1) is 14.4. The number of amides is 1. The van der Waals surface area contributed by atoms with Gasteiger partial charge in [-0.25, -0.2) is 4.79 Å². The van der Waals surface area contributed by atoms with Crippen molar-refractivity contribution in [1.82, 2.24) is 5.32 Å². The lowest BCUT2D eigenvalue weighted by molar-refractivity contribution is -0.160. The molecule has 0 radical (unpaired) electrons. The Hall–Kier alpha value is -2.26. The van der Waals surface area contributed by atoms with Crippen molar-refractivity contribution in [1.29, 1.82) is 0 Å². The molecule has 1 amide bonds. The molecule has 3 N–H and O–H groups in total. The summed E-state index contributed by atoms with van der Waals surface area (Å²) in [5.41, 5.74) is 5.91. The third kappa shape index (κ3) is 8.78. The summed E-state index contributed by atoms with van der Waals surface area (Å²) in [5.74, 6) is -3.97. The summed E-state index contributed by atoms with van der Waals surface area (Å²) in [7, 11) is 0. The smallest absolute Gasteiger partial charge is 0.408 e. The number of hydrogen-bond donors (Lipinski definition) is 2. The molecule has 1 aromatic rings. The summed E-state index contributed by atoms with van der Waals surface area (Å²) in [6.45, 7) is 8.39. The number of ketones is 2. The van der Waals surface area contributed by atoms with Gasteiger partial charge in [0.25, 0.3) is 0 Å². The van der Waals surface area contributed by atoms with Crippen LogP contribution in [0.3, 0.4) is 0 Å². The molecule has 3 unspecified atom stereocenters. The maximum Gasteiger partial charge on any atom is 0.408 e. The van der Waals surface area contributed by atoms with Crippen molar-refractivity contribution in [2.75, 3.05) is 5.33 Å². The van der Waals surface area contributed by atoms with Crippen LogP contribution in [-0.4, -0.2) is 46.6 Å². The second kappa shape index (κ2) is 12.0. The molecule has 3 atom stereocenters. The highest BCUT2D eigenvalue weighted by Gasteiger charge is 2.42. The van der Waals surface area contributed by atoms with E-state index in [1.165, 1.54) is 0 Å². The molecule has 0 saturated heterocycles. The maximum absolute atomic E-state index is 13.2. The van der Waals surface area contributed by atoms with Gasteiger partial charge in [0, 0.05) is 0 Å². The standard InChI is InChI=1S/C22H31BrN2O6/c1-13(2)18(25-21(29)30-12-14-9-7-6-8-10-14)19(27)16(15(26)11-23)17(24)20(28)31-22(3,4)5/h6-10,13,16-18H,11-12,24H2,1-5H3,(H,25,29). The average molecular weight is 499 g/mol. The van der Waals surface area contributed by atoms with Gasteiger partial charge in [-0.05, 0) is 32.3 Å². The fraction of sp³-hybridized carbons (Fsp3) is 0.545. The van der Waals surface area contributed by atoms with Crippen molar-refractivity contribution in [3.8, 4) is 0 Å². The quantitative estimate of drug-likeness (QED) is 0.288. The van der Waals surface area contributed by atoms with Crippen LogP contribution < -0.4 is 11.1 Å². The van der Waals surface area contributed by atoms with E-state index >= 15 is 0 Å². The second-order valence-electron chi connectivity index (χ2n) is 8.47. The zero-order valence-corrected chi connectivity index (χ0v) is 20.1. The van der Waals surface area contributed by atoms with Crippen LogP contribution in [0.5, 0.6) is 0 Å². The maximum atomic E-state index is 13.2. The van der Waals surface area contributed by atoms with Crippen LogP contribution in [0, 0.1) is 11.8 Å².